The van der Waals surface area contributed by atoms with E-state index in [4.69, 9.17) is 15.2 Å². The number of benzene rings is 2. The smallest absolute Gasteiger partial charge is 0.296 e. The summed E-state index contributed by atoms with van der Waals surface area (Å²) in [4.78, 5) is 23.1. The number of nitrogens with one attached hydrogen (secondary N) is 1. The van der Waals surface area contributed by atoms with Gasteiger partial charge in [-0.1, -0.05) is 12.1 Å². The van der Waals surface area contributed by atoms with E-state index in [1.54, 1.807) is 24.3 Å². The Morgan fingerprint density at radius 2 is 1.92 bits per heavy atom. The van der Waals surface area contributed by atoms with Gasteiger partial charge < -0.3 is 20.5 Å². The summed E-state index contributed by atoms with van der Waals surface area (Å²) in [7, 11) is 0. The molecule has 8 nitrogen and oxygen atoms in total. The van der Waals surface area contributed by atoms with Crippen LogP contribution in [0.2, 0.25) is 0 Å². The Morgan fingerprint density at radius 3 is 2.58 bits per heavy atom. The molecule has 0 aliphatic carbocycles. The van der Waals surface area contributed by atoms with Crippen molar-refractivity contribution < 1.29 is 19.2 Å². The first-order chi connectivity index (χ1) is 11.6. The largest absolute Gasteiger partial charge is 0.486 e. The molecule has 1 aliphatic rings. The van der Waals surface area contributed by atoms with E-state index in [2.05, 4.69) is 5.32 Å². The molecule has 1 aliphatic heterocycles. The van der Waals surface area contributed by atoms with E-state index in [1.807, 2.05) is 0 Å². The molecule has 0 saturated carbocycles. The number of hydrogen-bond donors (Lipinski definition) is 2. The molecule has 3 N–H and O–H groups in total. The zero-order valence-electron chi connectivity index (χ0n) is 12.7. The van der Waals surface area contributed by atoms with E-state index in [-0.39, 0.29) is 17.1 Å². The van der Waals surface area contributed by atoms with Crippen LogP contribution in [0.25, 0.3) is 0 Å². The van der Waals surface area contributed by atoms with Crippen molar-refractivity contribution in [2.75, 3.05) is 18.5 Å². The van der Waals surface area contributed by atoms with Crippen molar-refractivity contribution in [1.82, 2.24) is 0 Å². The number of nitro groups is 1. The van der Waals surface area contributed by atoms with Crippen LogP contribution >= 0.6 is 0 Å². The highest BCUT2D eigenvalue weighted by Gasteiger charge is 2.23. The fraction of sp³-hybridized carbons (Fsp3) is 0.188. The Bertz CT molecular complexity index is 806. The van der Waals surface area contributed by atoms with Crippen LogP contribution in [-0.4, -0.2) is 24.0 Å². The van der Waals surface area contributed by atoms with Gasteiger partial charge in [-0.2, -0.15) is 0 Å². The molecule has 124 valence electrons. The van der Waals surface area contributed by atoms with Crippen molar-refractivity contribution in [1.29, 1.82) is 0 Å². The van der Waals surface area contributed by atoms with Crippen LogP contribution in [0, 0.1) is 10.1 Å². The number of fused-ring (bicyclic) bond motifs is 1. The molecule has 0 radical (unpaired) electrons. The lowest BCUT2D eigenvalue weighted by Crippen LogP contribution is -2.17. The number of carbonyl (C=O) groups excluding carboxylic acids is 1. The molecule has 0 spiro atoms. The third-order valence-electron chi connectivity index (χ3n) is 3.53. The zero-order valence-corrected chi connectivity index (χ0v) is 12.7. The molecule has 0 atom stereocenters. The fourth-order valence-corrected chi connectivity index (χ4v) is 2.36. The number of hydrogen-bond acceptors (Lipinski definition) is 6. The van der Waals surface area contributed by atoms with Gasteiger partial charge >= 0.3 is 0 Å². The van der Waals surface area contributed by atoms with Crippen LogP contribution in [0.5, 0.6) is 11.5 Å². The molecule has 0 saturated heterocycles. The number of nitrogens with two attached hydrogens (primary N) is 1. The number of amides is 1. The van der Waals surface area contributed by atoms with Gasteiger partial charge in [0, 0.05) is 18.2 Å². The maximum atomic E-state index is 12.4. The summed E-state index contributed by atoms with van der Waals surface area (Å²) in [5, 5.41) is 13.8. The lowest BCUT2D eigenvalue weighted by atomic mass is 10.1. The van der Waals surface area contributed by atoms with Crippen molar-refractivity contribution in [3.05, 3.63) is 57.6 Å². The first-order valence-corrected chi connectivity index (χ1v) is 7.27. The first kappa shape index (κ1) is 15.8. The monoisotopic (exact) mass is 329 g/mol. The second-order valence-electron chi connectivity index (χ2n) is 5.13. The Morgan fingerprint density at radius 1 is 1.21 bits per heavy atom. The molecule has 0 bridgehead atoms. The summed E-state index contributed by atoms with van der Waals surface area (Å²) >= 11 is 0. The van der Waals surface area contributed by atoms with Gasteiger partial charge in [-0.05, 0) is 17.7 Å². The molecular weight excluding hydrogens is 314 g/mol. The van der Waals surface area contributed by atoms with Gasteiger partial charge in [0.25, 0.3) is 11.6 Å². The van der Waals surface area contributed by atoms with Crippen LogP contribution in [0.1, 0.15) is 15.9 Å². The minimum Gasteiger partial charge on any atom is -0.486 e. The Balaban J connectivity index is 1.93. The van der Waals surface area contributed by atoms with Crippen LogP contribution in [0.4, 0.5) is 11.4 Å². The normalized spacial score (nSPS) is 12.5. The highest BCUT2D eigenvalue weighted by atomic mass is 16.6. The maximum Gasteiger partial charge on any atom is 0.296 e. The van der Waals surface area contributed by atoms with E-state index in [9.17, 15) is 14.9 Å². The van der Waals surface area contributed by atoms with Gasteiger partial charge in [-0.15, -0.1) is 0 Å². The number of nitrogens with zero attached hydrogens (tertiary/aromatic N) is 1. The van der Waals surface area contributed by atoms with Gasteiger partial charge in [0.2, 0.25) is 0 Å². The number of rotatable bonds is 4. The molecule has 0 fully saturated rings. The van der Waals surface area contributed by atoms with Crippen LogP contribution in [-0.2, 0) is 6.54 Å². The fourth-order valence-electron chi connectivity index (χ4n) is 2.36. The summed E-state index contributed by atoms with van der Waals surface area (Å²) in [6.07, 6.45) is 0. The SMILES string of the molecule is NCc1cccc(C(=O)Nc2cc3c(cc2[N+](=O)[O-])OCCO3)c1. The topological polar surface area (TPSA) is 117 Å². The number of nitro benzene ring substituents is 1. The van der Waals surface area contributed by atoms with E-state index >= 15 is 0 Å². The molecule has 1 amide bonds. The van der Waals surface area contributed by atoms with E-state index < -0.39 is 10.8 Å². The lowest BCUT2D eigenvalue weighted by molar-refractivity contribution is -0.384. The van der Waals surface area contributed by atoms with Gasteiger partial charge in [0.05, 0.1) is 11.0 Å². The van der Waals surface area contributed by atoms with Crippen LogP contribution in [0.15, 0.2) is 36.4 Å². The Hall–Kier alpha value is -3.13. The minimum atomic E-state index is -0.579. The molecule has 3 rings (SSSR count). The molecular formula is C16H15N3O5. The highest BCUT2D eigenvalue weighted by Crippen LogP contribution is 2.39. The molecule has 0 aromatic heterocycles. The lowest BCUT2D eigenvalue weighted by Gasteiger charge is -2.19. The highest BCUT2D eigenvalue weighted by molar-refractivity contribution is 6.05. The second-order valence-corrected chi connectivity index (χ2v) is 5.13. The number of ether oxygens (including phenoxy) is 2. The quantitative estimate of drug-likeness (QED) is 0.655. The van der Waals surface area contributed by atoms with Crippen molar-refractivity contribution in [3.63, 3.8) is 0 Å². The van der Waals surface area contributed by atoms with Crippen LogP contribution < -0.4 is 20.5 Å². The average molecular weight is 329 g/mol. The predicted octanol–water partition coefficient (Wildman–Crippen LogP) is 2.08. The minimum absolute atomic E-state index is 0.0485. The standard InChI is InChI=1S/C16H15N3O5/c17-9-10-2-1-3-11(6-10)16(20)18-12-7-14-15(24-5-4-23-14)8-13(12)19(21)22/h1-3,6-8H,4-5,9,17H2,(H,18,20). The summed E-state index contributed by atoms with van der Waals surface area (Å²) in [5.41, 5.74) is 6.50. The molecule has 2 aromatic rings. The van der Waals surface area contributed by atoms with Crippen molar-refractivity contribution in [2.45, 2.75) is 6.54 Å². The van der Waals surface area contributed by atoms with E-state index in [0.717, 1.165) is 5.56 Å². The molecule has 0 unspecified atom stereocenters. The Kier molecular flexibility index (Phi) is 4.30. The zero-order chi connectivity index (χ0) is 17.1. The summed E-state index contributed by atoms with van der Waals surface area (Å²) in [6.45, 7) is 0.962. The third kappa shape index (κ3) is 3.13. The van der Waals surface area contributed by atoms with Crippen molar-refractivity contribution in [2.24, 2.45) is 5.73 Å². The molecule has 1 heterocycles. The summed E-state index contributed by atoms with van der Waals surface area (Å²) < 4.78 is 10.7. The predicted molar refractivity (Wildman–Crippen MR) is 86.4 cm³/mol. The van der Waals surface area contributed by atoms with E-state index in [1.165, 1.54) is 12.1 Å². The van der Waals surface area contributed by atoms with Gasteiger partial charge in [-0.3, -0.25) is 14.9 Å². The number of anilines is 1. The maximum absolute atomic E-state index is 12.4. The summed E-state index contributed by atoms with van der Waals surface area (Å²) in [5.74, 6) is 0.180. The van der Waals surface area contributed by atoms with Crippen LogP contribution in [0.3, 0.4) is 0 Å². The molecule has 24 heavy (non-hydrogen) atoms. The van der Waals surface area contributed by atoms with E-state index in [0.29, 0.717) is 31.1 Å². The van der Waals surface area contributed by atoms with Gasteiger partial charge in [-0.25, -0.2) is 0 Å². The van der Waals surface area contributed by atoms with Gasteiger partial charge in [0.15, 0.2) is 11.5 Å². The number of carbonyl (C=O) groups is 1. The van der Waals surface area contributed by atoms with Crippen molar-refractivity contribution >= 4 is 17.3 Å². The van der Waals surface area contributed by atoms with Gasteiger partial charge in [0.1, 0.15) is 18.9 Å². The second kappa shape index (κ2) is 6.55. The van der Waals surface area contributed by atoms with Crippen molar-refractivity contribution in [3.8, 4) is 11.5 Å². The molecule has 2 aromatic carbocycles. The Labute approximate surface area is 137 Å². The summed E-state index contributed by atoms with van der Waals surface area (Å²) in [6, 6.07) is 9.40. The average Bonchev–Trinajstić information content (AvgIpc) is 2.61. The third-order valence-corrected chi connectivity index (χ3v) is 3.53. The first-order valence-electron chi connectivity index (χ1n) is 7.27. The molecule has 8 heteroatoms.